The molecule has 2 aromatic rings. The van der Waals surface area contributed by atoms with Crippen LogP contribution in [-0.2, 0) is 0 Å². The van der Waals surface area contributed by atoms with Gasteiger partial charge in [-0.15, -0.1) is 11.8 Å². The Labute approximate surface area is 115 Å². The molecule has 1 aliphatic rings. The van der Waals surface area contributed by atoms with Crippen molar-refractivity contribution in [1.82, 2.24) is 0 Å². The fourth-order valence-corrected chi connectivity index (χ4v) is 3.08. The van der Waals surface area contributed by atoms with Gasteiger partial charge >= 0.3 is 0 Å². The topological polar surface area (TPSA) is 17.1 Å². The van der Waals surface area contributed by atoms with Gasteiger partial charge in [-0.3, -0.25) is 4.79 Å². The maximum Gasteiger partial charge on any atom is 0.191 e. The zero-order chi connectivity index (χ0) is 13.2. The van der Waals surface area contributed by atoms with E-state index in [4.69, 9.17) is 0 Å². The smallest absolute Gasteiger partial charge is 0.191 e. The minimum Gasteiger partial charge on any atom is -0.289 e. The highest BCUT2D eigenvalue weighted by Gasteiger charge is 2.21. The molecule has 94 valence electrons. The number of carbonyl (C=O) groups is 1. The van der Waals surface area contributed by atoms with Gasteiger partial charge in [0.25, 0.3) is 0 Å². The van der Waals surface area contributed by atoms with Crippen LogP contribution >= 0.6 is 11.8 Å². The highest BCUT2D eigenvalue weighted by Crippen LogP contribution is 2.33. The fraction of sp³-hybridized carbons (Fsp3) is 0.0625. The highest BCUT2D eigenvalue weighted by atomic mass is 32.2. The number of rotatable bonds is 1. The van der Waals surface area contributed by atoms with Gasteiger partial charge < -0.3 is 0 Å². The van der Waals surface area contributed by atoms with E-state index in [-0.39, 0.29) is 11.6 Å². The molecule has 1 nitrogen and oxygen atoms in total. The highest BCUT2D eigenvalue weighted by molar-refractivity contribution is 7.99. The SMILES string of the molecule is O=C1/C(=C\c2ccccc2F)CSc2ccccc21. The maximum atomic E-state index is 13.6. The predicted molar refractivity (Wildman–Crippen MR) is 75.9 cm³/mol. The van der Waals surface area contributed by atoms with Crippen LogP contribution in [0.3, 0.4) is 0 Å². The normalized spacial score (nSPS) is 16.5. The van der Waals surface area contributed by atoms with E-state index in [0.717, 1.165) is 4.90 Å². The Kier molecular flexibility index (Phi) is 3.22. The number of carbonyl (C=O) groups excluding carboxylic acids is 1. The standard InChI is InChI=1S/C16H11FOS/c17-14-7-3-1-5-11(14)9-12-10-19-15-8-4-2-6-13(15)16(12)18/h1-9H,10H2/b12-9-. The minimum absolute atomic E-state index is 0.00222. The summed E-state index contributed by atoms with van der Waals surface area (Å²) in [7, 11) is 0. The lowest BCUT2D eigenvalue weighted by Gasteiger charge is -2.16. The molecule has 0 aromatic heterocycles. The fourth-order valence-electron chi connectivity index (χ4n) is 2.06. The Morgan fingerprint density at radius 3 is 2.63 bits per heavy atom. The number of thioether (sulfide) groups is 1. The van der Waals surface area contributed by atoms with Crippen molar-refractivity contribution in [1.29, 1.82) is 0 Å². The quantitative estimate of drug-likeness (QED) is 0.722. The van der Waals surface area contributed by atoms with Crippen molar-refractivity contribution in [3.63, 3.8) is 0 Å². The molecular weight excluding hydrogens is 259 g/mol. The van der Waals surface area contributed by atoms with Gasteiger partial charge in [0.1, 0.15) is 5.82 Å². The van der Waals surface area contributed by atoms with Crippen molar-refractivity contribution >= 4 is 23.6 Å². The average molecular weight is 270 g/mol. The lowest BCUT2D eigenvalue weighted by Crippen LogP contribution is -2.12. The largest absolute Gasteiger partial charge is 0.289 e. The predicted octanol–water partition coefficient (Wildman–Crippen LogP) is 4.20. The van der Waals surface area contributed by atoms with Crippen LogP contribution in [-0.4, -0.2) is 11.5 Å². The van der Waals surface area contributed by atoms with Gasteiger partial charge in [0.2, 0.25) is 0 Å². The van der Waals surface area contributed by atoms with Crippen molar-refractivity contribution in [3.05, 3.63) is 71.0 Å². The molecule has 0 bridgehead atoms. The molecule has 2 aromatic carbocycles. The van der Waals surface area contributed by atoms with E-state index in [1.54, 1.807) is 36.0 Å². The van der Waals surface area contributed by atoms with E-state index < -0.39 is 0 Å². The van der Waals surface area contributed by atoms with Crippen LogP contribution < -0.4 is 0 Å². The zero-order valence-electron chi connectivity index (χ0n) is 10.1. The van der Waals surface area contributed by atoms with Crippen LogP contribution in [0.25, 0.3) is 6.08 Å². The first-order valence-electron chi connectivity index (χ1n) is 5.97. The Balaban J connectivity index is 2.01. The van der Waals surface area contributed by atoms with Crippen molar-refractivity contribution in [3.8, 4) is 0 Å². The monoisotopic (exact) mass is 270 g/mol. The number of Topliss-reactive ketones (excluding diaryl/α,β-unsaturated/α-hetero) is 1. The number of ketones is 1. The number of benzene rings is 2. The van der Waals surface area contributed by atoms with Gasteiger partial charge in [0.05, 0.1) is 0 Å². The molecule has 0 unspecified atom stereocenters. The van der Waals surface area contributed by atoms with Gasteiger partial charge in [-0.1, -0.05) is 30.3 Å². The van der Waals surface area contributed by atoms with Crippen LogP contribution in [0.4, 0.5) is 4.39 Å². The summed E-state index contributed by atoms with van der Waals surface area (Å²) in [5, 5.41) is 0. The number of fused-ring (bicyclic) bond motifs is 1. The molecule has 19 heavy (non-hydrogen) atoms. The second-order valence-electron chi connectivity index (χ2n) is 4.31. The number of hydrogen-bond acceptors (Lipinski definition) is 2. The Morgan fingerprint density at radius 1 is 1.05 bits per heavy atom. The summed E-state index contributed by atoms with van der Waals surface area (Å²) in [5.41, 5.74) is 1.82. The molecule has 0 N–H and O–H groups in total. The summed E-state index contributed by atoms with van der Waals surface area (Å²) < 4.78 is 13.6. The average Bonchev–Trinajstić information content (AvgIpc) is 2.44. The van der Waals surface area contributed by atoms with Crippen molar-refractivity contribution in [2.24, 2.45) is 0 Å². The lowest BCUT2D eigenvalue weighted by atomic mass is 10.0. The molecular formula is C16H11FOS. The van der Waals surface area contributed by atoms with Crippen LogP contribution in [0.15, 0.2) is 59.0 Å². The van der Waals surface area contributed by atoms with Gasteiger partial charge in [0.15, 0.2) is 5.78 Å². The molecule has 1 aliphatic heterocycles. The lowest BCUT2D eigenvalue weighted by molar-refractivity contribution is 0.103. The summed E-state index contributed by atoms with van der Waals surface area (Å²) in [6.45, 7) is 0. The van der Waals surface area contributed by atoms with E-state index in [1.807, 2.05) is 24.3 Å². The molecule has 1 heterocycles. The molecule has 3 heteroatoms. The van der Waals surface area contributed by atoms with Crippen LogP contribution in [0.2, 0.25) is 0 Å². The second-order valence-corrected chi connectivity index (χ2v) is 5.32. The van der Waals surface area contributed by atoms with Crippen LogP contribution in [0, 0.1) is 5.82 Å². The number of halogens is 1. The summed E-state index contributed by atoms with van der Waals surface area (Å²) >= 11 is 1.61. The van der Waals surface area contributed by atoms with Crippen molar-refractivity contribution in [2.75, 3.05) is 5.75 Å². The third kappa shape index (κ3) is 2.34. The van der Waals surface area contributed by atoms with E-state index in [0.29, 0.717) is 22.5 Å². The molecule has 0 saturated carbocycles. The summed E-state index contributed by atoms with van der Waals surface area (Å²) in [4.78, 5) is 13.3. The molecule has 0 radical (unpaired) electrons. The van der Waals surface area contributed by atoms with Gasteiger partial charge in [-0.25, -0.2) is 4.39 Å². The minimum atomic E-state index is -0.299. The van der Waals surface area contributed by atoms with Crippen molar-refractivity contribution in [2.45, 2.75) is 4.90 Å². The van der Waals surface area contributed by atoms with Crippen LogP contribution in [0.5, 0.6) is 0 Å². The summed E-state index contributed by atoms with van der Waals surface area (Å²) in [6, 6.07) is 14.0. The Morgan fingerprint density at radius 2 is 1.79 bits per heavy atom. The van der Waals surface area contributed by atoms with Crippen LogP contribution in [0.1, 0.15) is 15.9 Å². The first-order chi connectivity index (χ1) is 9.25. The number of hydrogen-bond donors (Lipinski definition) is 0. The first-order valence-corrected chi connectivity index (χ1v) is 6.96. The zero-order valence-corrected chi connectivity index (χ0v) is 10.9. The maximum absolute atomic E-state index is 13.6. The third-order valence-corrected chi connectivity index (χ3v) is 4.16. The summed E-state index contributed by atoms with van der Waals surface area (Å²) in [5.74, 6) is 0.286. The van der Waals surface area contributed by atoms with Crippen molar-refractivity contribution < 1.29 is 9.18 Å². The third-order valence-electron chi connectivity index (χ3n) is 3.04. The van der Waals surface area contributed by atoms with Gasteiger partial charge in [0, 0.05) is 27.3 Å². The Hall–Kier alpha value is -1.87. The first kappa shape index (κ1) is 12.2. The van der Waals surface area contributed by atoms with E-state index in [2.05, 4.69) is 0 Å². The molecule has 0 spiro atoms. The summed E-state index contributed by atoms with van der Waals surface area (Å²) in [6.07, 6.45) is 1.65. The second kappa shape index (κ2) is 5.02. The Bertz CT molecular complexity index is 676. The van der Waals surface area contributed by atoms with E-state index in [1.165, 1.54) is 6.07 Å². The molecule has 0 amide bonds. The molecule has 0 fully saturated rings. The van der Waals surface area contributed by atoms with E-state index >= 15 is 0 Å². The molecule has 0 aliphatic carbocycles. The van der Waals surface area contributed by atoms with Gasteiger partial charge in [-0.05, 0) is 24.3 Å². The van der Waals surface area contributed by atoms with E-state index in [9.17, 15) is 9.18 Å². The van der Waals surface area contributed by atoms with Gasteiger partial charge in [-0.2, -0.15) is 0 Å². The molecule has 3 rings (SSSR count). The molecule has 0 saturated heterocycles. The molecule has 0 atom stereocenters.